The molecule has 1 N–H and O–H groups in total. The number of rotatable bonds is 2. The number of nitriles is 1. The van der Waals surface area contributed by atoms with Gasteiger partial charge in [-0.25, -0.2) is 0 Å². The smallest absolute Gasteiger partial charge is 0.119 e. The van der Waals surface area contributed by atoms with Gasteiger partial charge in [0, 0.05) is 0 Å². The first-order valence-corrected chi connectivity index (χ1v) is 7.87. The molecule has 24 heavy (non-hydrogen) atoms. The summed E-state index contributed by atoms with van der Waals surface area (Å²) in [6.07, 6.45) is -0.785. The number of fused-ring (bicyclic) bond motifs is 3. The zero-order valence-corrected chi connectivity index (χ0v) is 13.3. The fourth-order valence-corrected chi connectivity index (χ4v) is 3.23. The molecule has 0 saturated carbocycles. The minimum absolute atomic E-state index is 0.573. The lowest BCUT2D eigenvalue weighted by Crippen LogP contribution is -2.04. The van der Waals surface area contributed by atoms with E-state index in [-0.39, 0.29) is 0 Å². The average Bonchev–Trinajstić information content (AvgIpc) is 3.01. The van der Waals surface area contributed by atoms with Crippen LogP contribution in [0.1, 0.15) is 28.5 Å². The van der Waals surface area contributed by atoms with Gasteiger partial charge >= 0.3 is 0 Å². The van der Waals surface area contributed by atoms with E-state index in [9.17, 15) is 10.4 Å². The first kappa shape index (κ1) is 14.5. The minimum Gasteiger partial charge on any atom is -0.382 e. The van der Waals surface area contributed by atoms with Crippen LogP contribution in [0.4, 0.5) is 0 Å². The second-order valence-electron chi connectivity index (χ2n) is 6.02. The van der Waals surface area contributed by atoms with E-state index >= 15 is 0 Å². The van der Waals surface area contributed by atoms with Crippen LogP contribution >= 0.6 is 0 Å². The molecule has 0 aliphatic heterocycles. The Morgan fingerprint density at radius 1 is 0.958 bits per heavy atom. The third-order valence-electron chi connectivity index (χ3n) is 4.43. The van der Waals surface area contributed by atoms with E-state index in [0.29, 0.717) is 11.3 Å². The van der Waals surface area contributed by atoms with Crippen LogP contribution in [0.3, 0.4) is 0 Å². The summed E-state index contributed by atoms with van der Waals surface area (Å²) in [4.78, 5) is 0. The summed E-state index contributed by atoms with van der Waals surface area (Å²) in [7, 11) is 0. The molecule has 2 aromatic heterocycles. The number of pyridine rings is 1. The predicted octanol–water partition coefficient (Wildman–Crippen LogP) is 4.35. The van der Waals surface area contributed by atoms with Crippen molar-refractivity contribution in [2.75, 3.05) is 0 Å². The number of hydrogen-bond donors (Lipinski definition) is 1. The van der Waals surface area contributed by atoms with Crippen molar-refractivity contribution in [3.05, 3.63) is 89.1 Å². The van der Waals surface area contributed by atoms with E-state index < -0.39 is 6.10 Å². The molecule has 4 aromatic rings. The number of nitrogens with zero attached hydrogens (tertiary/aromatic N) is 2. The second kappa shape index (κ2) is 5.52. The Morgan fingerprint density at radius 2 is 1.71 bits per heavy atom. The molecule has 0 aliphatic rings. The Kier molecular flexibility index (Phi) is 3.34. The molecule has 2 aromatic carbocycles. The van der Waals surface area contributed by atoms with Gasteiger partial charge in [0.25, 0.3) is 0 Å². The first-order chi connectivity index (χ1) is 11.7. The fourth-order valence-electron chi connectivity index (χ4n) is 3.23. The second-order valence-corrected chi connectivity index (χ2v) is 6.02. The maximum Gasteiger partial charge on any atom is 0.119 e. The zero-order chi connectivity index (χ0) is 16.7. The summed E-state index contributed by atoms with van der Waals surface area (Å²) in [5, 5.41) is 21.5. The van der Waals surface area contributed by atoms with Crippen LogP contribution in [-0.2, 0) is 0 Å². The molecular weight excluding hydrogens is 296 g/mol. The summed E-state index contributed by atoms with van der Waals surface area (Å²) in [5.74, 6) is 0. The van der Waals surface area contributed by atoms with Crippen molar-refractivity contribution in [3.63, 3.8) is 0 Å². The van der Waals surface area contributed by atoms with Crippen LogP contribution in [0, 0.1) is 18.3 Å². The summed E-state index contributed by atoms with van der Waals surface area (Å²) in [5.41, 5.74) is 5.06. The van der Waals surface area contributed by atoms with Gasteiger partial charge in [0.15, 0.2) is 0 Å². The van der Waals surface area contributed by atoms with Gasteiger partial charge in [-0.05, 0) is 41.6 Å². The SMILES string of the molecule is Cc1ccc2ccc3c(C#N)cc(C(O)c4ccccc4)n3c2c1. The predicted molar refractivity (Wildman–Crippen MR) is 94.9 cm³/mol. The summed E-state index contributed by atoms with van der Waals surface area (Å²) >= 11 is 0. The van der Waals surface area contributed by atoms with Crippen LogP contribution < -0.4 is 0 Å². The maximum atomic E-state index is 10.9. The van der Waals surface area contributed by atoms with Crippen LogP contribution in [0.5, 0.6) is 0 Å². The van der Waals surface area contributed by atoms with Crippen molar-refractivity contribution in [1.82, 2.24) is 4.40 Å². The van der Waals surface area contributed by atoms with Gasteiger partial charge in [0.05, 0.1) is 22.3 Å². The summed E-state index contributed by atoms with van der Waals surface area (Å²) < 4.78 is 2.00. The monoisotopic (exact) mass is 312 g/mol. The third kappa shape index (κ3) is 2.17. The van der Waals surface area contributed by atoms with Crippen LogP contribution in [0.25, 0.3) is 16.4 Å². The van der Waals surface area contributed by atoms with Crippen LogP contribution in [-0.4, -0.2) is 9.51 Å². The van der Waals surface area contributed by atoms with Crippen molar-refractivity contribution in [2.45, 2.75) is 13.0 Å². The largest absolute Gasteiger partial charge is 0.382 e. The summed E-state index contributed by atoms with van der Waals surface area (Å²) in [6.45, 7) is 2.04. The molecule has 1 unspecified atom stereocenters. The Hall–Kier alpha value is -3.09. The molecule has 0 aliphatic carbocycles. The lowest BCUT2D eigenvalue weighted by Gasteiger charge is -2.14. The summed E-state index contributed by atoms with van der Waals surface area (Å²) in [6, 6.07) is 23.7. The molecule has 116 valence electrons. The molecule has 4 rings (SSSR count). The molecule has 0 saturated heterocycles. The quantitative estimate of drug-likeness (QED) is 0.598. The number of aromatic nitrogens is 1. The standard InChI is InChI=1S/C21H16N2O/c1-14-7-8-15-9-10-18-17(13-22)12-20(23(18)19(15)11-14)21(24)16-5-3-2-4-6-16/h2-12,21,24H,1H3. The molecular formula is C21H16N2O. The van der Waals surface area contributed by atoms with Crippen LogP contribution in [0.15, 0.2) is 66.7 Å². The van der Waals surface area contributed by atoms with Gasteiger partial charge in [-0.3, -0.25) is 0 Å². The van der Waals surface area contributed by atoms with Crippen molar-refractivity contribution >= 4 is 16.4 Å². The van der Waals surface area contributed by atoms with Crippen molar-refractivity contribution in [3.8, 4) is 6.07 Å². The van der Waals surface area contributed by atoms with E-state index in [1.54, 1.807) is 6.07 Å². The molecule has 0 spiro atoms. The molecule has 0 radical (unpaired) electrons. The molecule has 0 fully saturated rings. The molecule has 0 amide bonds. The fraction of sp³-hybridized carbons (Fsp3) is 0.0952. The number of aryl methyl sites for hydroxylation is 1. The number of hydrogen-bond acceptors (Lipinski definition) is 2. The van der Waals surface area contributed by atoms with E-state index in [4.69, 9.17) is 0 Å². The van der Waals surface area contributed by atoms with Crippen molar-refractivity contribution < 1.29 is 5.11 Å². The Labute approximate surface area is 140 Å². The number of aliphatic hydroxyl groups excluding tert-OH is 1. The van der Waals surface area contributed by atoms with E-state index in [1.807, 2.05) is 53.8 Å². The molecule has 2 heterocycles. The lowest BCUT2D eigenvalue weighted by molar-refractivity contribution is 0.215. The molecule has 3 heteroatoms. The number of aliphatic hydroxyl groups is 1. The lowest BCUT2D eigenvalue weighted by atomic mass is 10.1. The van der Waals surface area contributed by atoms with E-state index in [1.165, 1.54) is 0 Å². The maximum absolute atomic E-state index is 10.9. The highest BCUT2D eigenvalue weighted by molar-refractivity contribution is 5.85. The van der Waals surface area contributed by atoms with E-state index in [0.717, 1.165) is 27.5 Å². The van der Waals surface area contributed by atoms with Gasteiger partial charge in [0.2, 0.25) is 0 Å². The highest BCUT2D eigenvalue weighted by Gasteiger charge is 2.19. The van der Waals surface area contributed by atoms with Crippen molar-refractivity contribution in [2.24, 2.45) is 0 Å². The van der Waals surface area contributed by atoms with Crippen molar-refractivity contribution in [1.29, 1.82) is 5.26 Å². The normalized spacial score (nSPS) is 12.4. The molecule has 0 bridgehead atoms. The highest BCUT2D eigenvalue weighted by atomic mass is 16.3. The third-order valence-corrected chi connectivity index (χ3v) is 4.43. The van der Waals surface area contributed by atoms with Gasteiger partial charge in [-0.2, -0.15) is 5.26 Å². The van der Waals surface area contributed by atoms with E-state index in [2.05, 4.69) is 24.3 Å². The average molecular weight is 312 g/mol. The molecule has 1 atom stereocenters. The Balaban J connectivity index is 2.08. The first-order valence-electron chi connectivity index (χ1n) is 7.87. The Bertz CT molecular complexity index is 1090. The minimum atomic E-state index is -0.785. The van der Waals surface area contributed by atoms with Gasteiger partial charge in [-0.15, -0.1) is 0 Å². The topological polar surface area (TPSA) is 48.4 Å². The zero-order valence-electron chi connectivity index (χ0n) is 13.3. The number of benzene rings is 2. The van der Waals surface area contributed by atoms with Gasteiger partial charge < -0.3 is 9.51 Å². The molecule has 3 nitrogen and oxygen atoms in total. The Morgan fingerprint density at radius 3 is 2.46 bits per heavy atom. The van der Waals surface area contributed by atoms with Gasteiger partial charge in [0.1, 0.15) is 12.2 Å². The van der Waals surface area contributed by atoms with Crippen LogP contribution in [0.2, 0.25) is 0 Å². The highest BCUT2D eigenvalue weighted by Crippen LogP contribution is 2.30. The van der Waals surface area contributed by atoms with Gasteiger partial charge in [-0.1, -0.05) is 48.5 Å².